The van der Waals surface area contributed by atoms with Gasteiger partial charge in [0, 0.05) is 49.4 Å². The molecule has 2 bridgehead atoms. The second-order valence-electron chi connectivity index (χ2n) is 7.52. The molecule has 7 nitrogen and oxygen atoms in total. The van der Waals surface area contributed by atoms with Gasteiger partial charge in [-0.15, -0.1) is 0 Å². The molecule has 8 heteroatoms. The highest BCUT2D eigenvalue weighted by atomic mass is 19.1. The molecule has 3 unspecified atom stereocenters. The average Bonchev–Trinajstić information content (AvgIpc) is 2.93. The normalized spacial score (nSPS) is 30.2. The molecule has 0 aromatic heterocycles. The molecule has 136 valence electrons. The highest BCUT2D eigenvalue weighted by Gasteiger charge is 2.43. The van der Waals surface area contributed by atoms with Crippen LogP contribution in [0.2, 0.25) is 0 Å². The molecular weight excluding hydrogens is 339 g/mol. The van der Waals surface area contributed by atoms with E-state index in [1.807, 2.05) is 0 Å². The van der Waals surface area contributed by atoms with Gasteiger partial charge in [0.25, 0.3) is 5.91 Å². The Morgan fingerprint density at radius 2 is 1.85 bits per heavy atom. The van der Waals surface area contributed by atoms with Crippen molar-refractivity contribution in [2.75, 3.05) is 18.0 Å². The van der Waals surface area contributed by atoms with E-state index in [0.29, 0.717) is 17.6 Å². The number of fused-ring (bicyclic) bond motifs is 3. The fourth-order valence-corrected chi connectivity index (χ4v) is 4.62. The van der Waals surface area contributed by atoms with Crippen LogP contribution < -0.4 is 15.5 Å². The second-order valence-corrected chi connectivity index (χ2v) is 7.52. The number of nitrogens with zero attached hydrogens (tertiary/aromatic N) is 2. The van der Waals surface area contributed by atoms with Crippen molar-refractivity contribution in [1.29, 1.82) is 0 Å². The maximum absolute atomic E-state index is 14.4. The van der Waals surface area contributed by atoms with Gasteiger partial charge in [-0.1, -0.05) is 0 Å². The predicted molar refractivity (Wildman–Crippen MR) is 90.0 cm³/mol. The van der Waals surface area contributed by atoms with Crippen molar-refractivity contribution < 1.29 is 18.8 Å². The minimum atomic E-state index is -0.726. The lowest BCUT2D eigenvalue weighted by molar-refractivity contribution is -0.136. The molecule has 5 heterocycles. The van der Waals surface area contributed by atoms with E-state index in [9.17, 15) is 18.8 Å². The summed E-state index contributed by atoms with van der Waals surface area (Å²) in [7, 11) is 0. The molecule has 0 saturated carbocycles. The summed E-state index contributed by atoms with van der Waals surface area (Å²) < 4.78 is 14.4. The Kier molecular flexibility index (Phi) is 3.34. The minimum absolute atomic E-state index is 0.0689. The number of nitrogens with one attached hydrogen (secondary N) is 2. The highest BCUT2D eigenvalue weighted by molar-refractivity contribution is 6.06. The van der Waals surface area contributed by atoms with E-state index in [0.717, 1.165) is 25.2 Å². The maximum Gasteiger partial charge on any atom is 0.258 e. The number of benzene rings is 1. The first-order chi connectivity index (χ1) is 12.5. The third-order valence-electron chi connectivity index (χ3n) is 5.89. The van der Waals surface area contributed by atoms with Crippen molar-refractivity contribution in [2.45, 2.75) is 43.9 Å². The van der Waals surface area contributed by atoms with Crippen molar-refractivity contribution in [3.05, 3.63) is 29.1 Å². The molecule has 6 rings (SSSR count). The van der Waals surface area contributed by atoms with Crippen LogP contribution in [0.15, 0.2) is 12.1 Å². The van der Waals surface area contributed by atoms with E-state index < -0.39 is 23.7 Å². The van der Waals surface area contributed by atoms with Crippen molar-refractivity contribution in [1.82, 2.24) is 15.5 Å². The summed E-state index contributed by atoms with van der Waals surface area (Å²) in [6.07, 6.45) is 1.62. The monoisotopic (exact) mass is 358 g/mol. The van der Waals surface area contributed by atoms with Gasteiger partial charge in [-0.3, -0.25) is 19.7 Å². The molecular formula is C18H19FN4O3. The van der Waals surface area contributed by atoms with E-state index in [2.05, 4.69) is 15.5 Å². The third-order valence-corrected chi connectivity index (χ3v) is 5.89. The number of carbonyl (C=O) groups excluding carboxylic acids is 3. The summed E-state index contributed by atoms with van der Waals surface area (Å²) in [5.74, 6) is -1.83. The zero-order chi connectivity index (χ0) is 18.0. The molecule has 0 aliphatic carbocycles. The van der Waals surface area contributed by atoms with Gasteiger partial charge in [0.05, 0.1) is 5.56 Å². The summed E-state index contributed by atoms with van der Waals surface area (Å²) in [6.45, 7) is 1.87. The van der Waals surface area contributed by atoms with Crippen LogP contribution in [-0.4, -0.2) is 53.8 Å². The number of carbonyl (C=O) groups is 3. The van der Waals surface area contributed by atoms with Crippen LogP contribution >= 0.6 is 0 Å². The average molecular weight is 358 g/mol. The highest BCUT2D eigenvalue weighted by Crippen LogP contribution is 2.37. The number of piperazine rings is 1. The van der Waals surface area contributed by atoms with E-state index in [1.54, 1.807) is 6.07 Å². The summed E-state index contributed by atoms with van der Waals surface area (Å²) in [5.41, 5.74) is 1.60. The number of hydrogen-bond donors (Lipinski definition) is 2. The Hall–Kier alpha value is -2.48. The number of piperidine rings is 2. The van der Waals surface area contributed by atoms with Gasteiger partial charge in [0.1, 0.15) is 11.9 Å². The van der Waals surface area contributed by atoms with Crippen LogP contribution in [0.25, 0.3) is 0 Å². The van der Waals surface area contributed by atoms with Crippen LogP contribution in [0, 0.1) is 5.82 Å². The fourth-order valence-electron chi connectivity index (χ4n) is 4.62. The van der Waals surface area contributed by atoms with Gasteiger partial charge in [0.15, 0.2) is 0 Å². The summed E-state index contributed by atoms with van der Waals surface area (Å²) in [4.78, 5) is 40.0. The summed E-state index contributed by atoms with van der Waals surface area (Å²) >= 11 is 0. The molecule has 5 aliphatic heterocycles. The van der Waals surface area contributed by atoms with E-state index in [-0.39, 0.29) is 30.9 Å². The van der Waals surface area contributed by atoms with E-state index in [1.165, 1.54) is 11.0 Å². The van der Waals surface area contributed by atoms with Crippen molar-refractivity contribution in [3.63, 3.8) is 0 Å². The number of halogens is 1. The standard InChI is InChI=1S/C18H19FN4O3/c19-12-1-2-13(22-6-9-5-10(7-22)20-9)11-8-23(18(26)16(11)12)14-3-4-15(24)21-17(14)25/h1-2,9-10,14,20H,3-8H2,(H,21,24,25). The fraction of sp³-hybridized carbons (Fsp3) is 0.500. The third kappa shape index (κ3) is 2.25. The topological polar surface area (TPSA) is 81.8 Å². The Morgan fingerprint density at radius 3 is 2.54 bits per heavy atom. The maximum atomic E-state index is 14.4. The molecule has 1 aromatic rings. The van der Waals surface area contributed by atoms with Gasteiger partial charge in [-0.2, -0.15) is 0 Å². The van der Waals surface area contributed by atoms with E-state index in [4.69, 9.17) is 0 Å². The molecule has 5 aliphatic rings. The SMILES string of the molecule is O=C1CCC(N2Cc3c(N4CC5CC(C4)N5)ccc(F)c3C2=O)C(=O)N1. The molecule has 0 radical (unpaired) electrons. The van der Waals surface area contributed by atoms with Crippen LogP contribution in [0.1, 0.15) is 35.2 Å². The van der Waals surface area contributed by atoms with E-state index >= 15 is 0 Å². The van der Waals surface area contributed by atoms with Gasteiger partial charge >= 0.3 is 0 Å². The number of amides is 3. The Labute approximate surface area is 149 Å². The van der Waals surface area contributed by atoms with Gasteiger partial charge in [-0.25, -0.2) is 4.39 Å². The van der Waals surface area contributed by atoms with Crippen molar-refractivity contribution >= 4 is 23.4 Å². The molecule has 1 aromatic carbocycles. The lowest BCUT2D eigenvalue weighted by Crippen LogP contribution is -2.67. The lowest BCUT2D eigenvalue weighted by atomic mass is 9.90. The first kappa shape index (κ1) is 15.7. The first-order valence-electron chi connectivity index (χ1n) is 8.98. The number of imide groups is 1. The molecule has 26 heavy (non-hydrogen) atoms. The van der Waals surface area contributed by atoms with Crippen molar-refractivity contribution in [3.8, 4) is 0 Å². The Balaban J connectivity index is 1.47. The van der Waals surface area contributed by atoms with Crippen LogP contribution in [0.3, 0.4) is 0 Å². The zero-order valence-electron chi connectivity index (χ0n) is 14.1. The predicted octanol–water partition coefficient (Wildman–Crippen LogP) is 0.137. The minimum Gasteiger partial charge on any atom is -0.368 e. The van der Waals surface area contributed by atoms with Gasteiger partial charge in [-0.05, 0) is 25.0 Å². The smallest absolute Gasteiger partial charge is 0.258 e. The molecule has 4 fully saturated rings. The van der Waals surface area contributed by atoms with Gasteiger partial charge < -0.3 is 15.1 Å². The summed E-state index contributed by atoms with van der Waals surface area (Å²) in [5, 5.41) is 5.73. The lowest BCUT2D eigenvalue weighted by Gasteiger charge is -2.49. The van der Waals surface area contributed by atoms with Crippen LogP contribution in [0.4, 0.5) is 10.1 Å². The molecule has 3 atom stereocenters. The van der Waals surface area contributed by atoms with Gasteiger partial charge in [0.2, 0.25) is 11.8 Å². The molecule has 0 spiro atoms. The molecule has 2 N–H and O–H groups in total. The number of rotatable bonds is 2. The quantitative estimate of drug-likeness (QED) is 0.735. The Bertz CT molecular complexity index is 826. The molecule has 3 amide bonds. The first-order valence-corrected chi connectivity index (χ1v) is 8.98. The largest absolute Gasteiger partial charge is 0.368 e. The summed E-state index contributed by atoms with van der Waals surface area (Å²) in [6, 6.07) is 3.24. The second kappa shape index (κ2) is 5.51. The van der Waals surface area contributed by atoms with Crippen molar-refractivity contribution in [2.24, 2.45) is 0 Å². The number of hydrogen-bond acceptors (Lipinski definition) is 5. The number of anilines is 1. The zero-order valence-corrected chi connectivity index (χ0v) is 14.1. The Morgan fingerprint density at radius 1 is 1.12 bits per heavy atom. The molecule has 4 saturated heterocycles. The van der Waals surface area contributed by atoms with Crippen LogP contribution in [-0.2, 0) is 16.1 Å². The van der Waals surface area contributed by atoms with Crippen LogP contribution in [0.5, 0.6) is 0 Å².